The summed E-state index contributed by atoms with van der Waals surface area (Å²) < 4.78 is 26.1. The van der Waals surface area contributed by atoms with Gasteiger partial charge in [-0.05, 0) is 175 Å². The standard InChI is InChI=1S/C82H72Br2N4O4S2/c1-5-9-49-89-65-37-29-57(30-38-65)53-13-21-61(22-14-53)75-76(62-23-15-54(16-24-62)58-31-39-66(40-32-58)90-50-10-6-2)86-80-74(70-46-48-72(84)94-70)82-81(73(79(80)85-75)69-45-47-71(83)93-69)87-77(63-25-17-55(18-26-63)59-33-41-67(42-34-59)91-51-11-7-3)78(88-82)64-27-19-56(20-28-64)60-35-43-68(44-36-60)92-52-12-8-4/h13-48H,5-12,49-52H2,1-4H3. The van der Waals surface area contributed by atoms with Gasteiger partial charge in [-0.1, -0.05) is 199 Å². The third-order valence-corrected chi connectivity index (χ3v) is 20.1. The molecule has 0 radical (unpaired) electrons. The molecule has 12 heteroatoms. The quantitative estimate of drug-likeness (QED) is 0.0391. The first-order valence-electron chi connectivity index (χ1n) is 32.7. The molecule has 0 fully saturated rings. The number of hydrogen-bond acceptors (Lipinski definition) is 10. The number of rotatable bonds is 26. The van der Waals surface area contributed by atoms with Gasteiger partial charge in [0.15, 0.2) is 0 Å². The maximum absolute atomic E-state index is 6.05. The van der Waals surface area contributed by atoms with Crippen molar-refractivity contribution >= 4 is 76.6 Å². The van der Waals surface area contributed by atoms with Crippen LogP contribution in [0.15, 0.2) is 226 Å². The van der Waals surface area contributed by atoms with Crippen molar-refractivity contribution in [1.29, 1.82) is 0 Å². The van der Waals surface area contributed by atoms with E-state index < -0.39 is 0 Å². The van der Waals surface area contributed by atoms with Crippen molar-refractivity contribution in [2.75, 3.05) is 26.4 Å². The Labute approximate surface area is 576 Å². The van der Waals surface area contributed by atoms with E-state index in [2.05, 4.69) is 278 Å². The summed E-state index contributed by atoms with van der Waals surface area (Å²) in [5.41, 5.74) is 20.0. The Bertz CT molecular complexity index is 4130. The van der Waals surface area contributed by atoms with Crippen molar-refractivity contribution in [3.63, 3.8) is 0 Å². The molecule has 0 bridgehead atoms. The van der Waals surface area contributed by atoms with Gasteiger partial charge in [-0.25, -0.2) is 19.9 Å². The zero-order valence-electron chi connectivity index (χ0n) is 53.3. The second-order valence-electron chi connectivity index (χ2n) is 23.4. The molecule has 0 saturated heterocycles. The van der Waals surface area contributed by atoms with Crippen LogP contribution >= 0.6 is 54.5 Å². The van der Waals surface area contributed by atoms with E-state index in [1.807, 2.05) is 0 Å². The number of nitrogens with zero attached hydrogens (tertiary/aromatic N) is 4. The van der Waals surface area contributed by atoms with Gasteiger partial charge in [-0.2, -0.15) is 0 Å². The van der Waals surface area contributed by atoms with Gasteiger partial charge in [-0.15, -0.1) is 22.7 Å². The molecule has 0 saturated carbocycles. The topological polar surface area (TPSA) is 88.5 Å². The Morgan fingerprint density at radius 1 is 0.255 bits per heavy atom. The second-order valence-corrected chi connectivity index (χ2v) is 28.3. The molecule has 0 spiro atoms. The van der Waals surface area contributed by atoms with Crippen LogP contribution in [0.4, 0.5) is 0 Å². The molecular weight excluding hydrogens is 1330 g/mol. The first-order chi connectivity index (χ1) is 46.2. The number of hydrogen-bond donors (Lipinski definition) is 0. The van der Waals surface area contributed by atoms with E-state index >= 15 is 0 Å². The minimum Gasteiger partial charge on any atom is -0.494 e. The highest BCUT2D eigenvalue weighted by Crippen LogP contribution is 2.49. The lowest BCUT2D eigenvalue weighted by Crippen LogP contribution is -2.03. The van der Waals surface area contributed by atoms with Crippen molar-refractivity contribution in [2.24, 2.45) is 0 Å². The van der Waals surface area contributed by atoms with Crippen molar-refractivity contribution in [3.8, 4) is 133 Å². The van der Waals surface area contributed by atoms with Gasteiger partial charge in [-0.3, -0.25) is 0 Å². The Morgan fingerprint density at radius 2 is 0.447 bits per heavy atom. The Kier molecular flexibility index (Phi) is 20.5. The van der Waals surface area contributed by atoms with Crippen LogP contribution in [-0.2, 0) is 0 Å². The molecule has 470 valence electrons. The first-order valence-corrected chi connectivity index (χ1v) is 35.9. The normalized spacial score (nSPS) is 11.4. The maximum Gasteiger partial charge on any atom is 0.119 e. The molecule has 9 aromatic carbocycles. The molecule has 13 rings (SSSR count). The van der Waals surface area contributed by atoms with Crippen molar-refractivity contribution in [2.45, 2.75) is 79.1 Å². The van der Waals surface area contributed by atoms with Crippen LogP contribution < -0.4 is 18.9 Å². The predicted octanol–water partition coefficient (Wildman–Crippen LogP) is 24.6. The minimum atomic E-state index is 0.702. The molecule has 0 aliphatic heterocycles. The van der Waals surface area contributed by atoms with E-state index in [9.17, 15) is 0 Å². The molecule has 0 aliphatic rings. The lowest BCUT2D eigenvalue weighted by atomic mass is 9.95. The van der Waals surface area contributed by atoms with Crippen LogP contribution in [0, 0.1) is 0 Å². The molecule has 13 aromatic rings. The summed E-state index contributed by atoms with van der Waals surface area (Å²) >= 11 is 11.0. The van der Waals surface area contributed by atoms with Gasteiger partial charge >= 0.3 is 0 Å². The number of unbranched alkanes of at least 4 members (excludes halogenated alkanes) is 4. The number of thiophene rings is 2. The highest BCUT2D eigenvalue weighted by molar-refractivity contribution is 9.11. The first kappa shape index (κ1) is 64.0. The number of halogens is 2. The van der Waals surface area contributed by atoms with Gasteiger partial charge in [0.05, 0.1) is 56.8 Å². The number of benzene rings is 9. The van der Waals surface area contributed by atoms with E-state index in [0.717, 1.165) is 214 Å². The van der Waals surface area contributed by atoms with Crippen LogP contribution in [0.2, 0.25) is 0 Å². The van der Waals surface area contributed by atoms with Crippen LogP contribution in [0.25, 0.3) is 132 Å². The van der Waals surface area contributed by atoms with Gasteiger partial charge in [0.2, 0.25) is 0 Å². The van der Waals surface area contributed by atoms with Gasteiger partial charge in [0, 0.05) is 43.1 Å². The van der Waals surface area contributed by atoms with Gasteiger partial charge in [0.1, 0.15) is 45.1 Å². The zero-order valence-corrected chi connectivity index (χ0v) is 58.1. The van der Waals surface area contributed by atoms with E-state index in [1.54, 1.807) is 22.7 Å². The molecule has 0 unspecified atom stereocenters. The molecule has 4 heterocycles. The highest BCUT2D eigenvalue weighted by Gasteiger charge is 2.28. The van der Waals surface area contributed by atoms with E-state index in [4.69, 9.17) is 38.9 Å². The minimum absolute atomic E-state index is 0.702. The molecule has 4 aromatic heterocycles. The third-order valence-electron chi connectivity index (χ3n) is 16.8. The number of fused-ring (bicyclic) bond motifs is 2. The molecule has 94 heavy (non-hydrogen) atoms. The summed E-state index contributed by atoms with van der Waals surface area (Å²) in [7, 11) is 0. The summed E-state index contributed by atoms with van der Waals surface area (Å²) in [6.45, 7) is 11.5. The summed E-state index contributed by atoms with van der Waals surface area (Å²) in [6.07, 6.45) is 8.41. The predicted molar refractivity (Wildman–Crippen MR) is 400 cm³/mol. The average molecular weight is 1400 g/mol. The number of aromatic nitrogens is 4. The van der Waals surface area contributed by atoms with Crippen molar-refractivity contribution in [1.82, 2.24) is 19.9 Å². The molecule has 8 nitrogen and oxygen atoms in total. The Morgan fingerprint density at radius 3 is 0.628 bits per heavy atom. The van der Waals surface area contributed by atoms with Crippen molar-refractivity contribution in [3.05, 3.63) is 226 Å². The van der Waals surface area contributed by atoms with Crippen LogP contribution in [0.1, 0.15) is 79.1 Å². The highest BCUT2D eigenvalue weighted by atomic mass is 79.9. The SMILES string of the molecule is CCCCOc1ccc(-c2ccc(-c3nc4c(-c5ccc(Br)s5)c5nc(-c6ccc(-c7ccc(OCCCC)cc7)cc6)c(-c6ccc(-c7ccc(OCCCC)cc7)cc6)nc5c(-c5ccc(Br)s5)c4nc3-c3ccc(-c4ccc(OCCCC)cc4)cc3)cc2)cc1. The molecule has 0 amide bonds. The maximum atomic E-state index is 6.05. The zero-order chi connectivity index (χ0) is 64.3. The number of ether oxygens (including phenoxy) is 4. The lowest BCUT2D eigenvalue weighted by Gasteiger charge is -2.19. The summed E-state index contributed by atoms with van der Waals surface area (Å²) in [4.78, 5) is 25.7. The van der Waals surface area contributed by atoms with Gasteiger partial charge < -0.3 is 18.9 Å². The fourth-order valence-electron chi connectivity index (χ4n) is 11.6. The average Bonchev–Trinajstić information content (AvgIpc) is 1.02. The molecular formula is C82H72Br2N4O4S2. The van der Waals surface area contributed by atoms with Crippen molar-refractivity contribution < 1.29 is 18.9 Å². The van der Waals surface area contributed by atoms with E-state index in [1.165, 1.54) is 0 Å². The van der Waals surface area contributed by atoms with E-state index in [-0.39, 0.29) is 0 Å². The van der Waals surface area contributed by atoms with E-state index in [0.29, 0.717) is 26.4 Å². The largest absolute Gasteiger partial charge is 0.494 e. The molecule has 0 atom stereocenters. The summed E-state index contributed by atoms with van der Waals surface area (Å²) in [6, 6.07) is 76.8. The molecule has 0 aliphatic carbocycles. The summed E-state index contributed by atoms with van der Waals surface area (Å²) in [5, 5.41) is 0. The second kappa shape index (κ2) is 30.1. The fraction of sp³-hybridized carbons (Fsp3) is 0.195. The van der Waals surface area contributed by atoms with Gasteiger partial charge in [0.25, 0.3) is 0 Å². The fourth-order valence-corrected chi connectivity index (χ4v) is 14.4. The van der Waals surface area contributed by atoms with Crippen LogP contribution in [0.5, 0.6) is 23.0 Å². The Balaban J connectivity index is 1.02. The van der Waals surface area contributed by atoms with Crippen LogP contribution in [0.3, 0.4) is 0 Å². The summed E-state index contributed by atoms with van der Waals surface area (Å²) in [5.74, 6) is 3.49. The lowest BCUT2D eigenvalue weighted by molar-refractivity contribution is 0.309. The monoisotopic (exact) mass is 1400 g/mol. The van der Waals surface area contributed by atoms with Crippen LogP contribution in [-0.4, -0.2) is 46.4 Å². The third kappa shape index (κ3) is 14.5. The molecule has 0 N–H and O–H groups in total. The smallest absolute Gasteiger partial charge is 0.119 e. The Hall–Kier alpha value is -8.78.